The molecule has 0 bridgehead atoms. The van der Waals surface area contributed by atoms with Gasteiger partial charge in [0.05, 0.1) is 0 Å². The van der Waals surface area contributed by atoms with E-state index in [4.69, 9.17) is 0 Å². The van der Waals surface area contributed by atoms with Crippen LogP contribution in [-0.2, 0) is 4.79 Å². The third kappa shape index (κ3) is 2.82. The molecule has 2 aromatic rings. The van der Waals surface area contributed by atoms with Gasteiger partial charge in [-0.3, -0.25) is 4.79 Å². The highest BCUT2D eigenvalue weighted by atomic mass is 16.4. The molecule has 0 aliphatic carbocycles. The molecule has 3 N–H and O–H groups in total. The van der Waals surface area contributed by atoms with Gasteiger partial charge in [0, 0.05) is 10.9 Å². The van der Waals surface area contributed by atoms with E-state index in [0.717, 1.165) is 10.9 Å². The van der Waals surface area contributed by atoms with Crippen LogP contribution >= 0.6 is 0 Å². The van der Waals surface area contributed by atoms with Crippen molar-refractivity contribution >= 4 is 22.8 Å². The van der Waals surface area contributed by atoms with E-state index in [0.29, 0.717) is 12.1 Å². The molecule has 0 fully saturated rings. The smallest absolute Gasteiger partial charge is 0.326 e. The molecule has 0 saturated heterocycles. The molecule has 106 valence electrons. The molecule has 1 amide bonds. The Hall–Kier alpha value is -2.30. The number of carboxylic acid groups (broad SMARTS) is 1. The van der Waals surface area contributed by atoms with Gasteiger partial charge in [-0.15, -0.1) is 0 Å². The van der Waals surface area contributed by atoms with Crippen LogP contribution in [0.2, 0.25) is 0 Å². The first kappa shape index (κ1) is 14.1. The Bertz CT molecular complexity index is 600. The average molecular weight is 274 g/mol. The van der Waals surface area contributed by atoms with E-state index in [1.165, 1.54) is 0 Å². The normalized spacial score (nSPS) is 13.9. The van der Waals surface area contributed by atoms with Crippen molar-refractivity contribution in [2.24, 2.45) is 5.92 Å². The molecular weight excluding hydrogens is 256 g/mol. The average Bonchev–Trinajstić information content (AvgIpc) is 2.87. The van der Waals surface area contributed by atoms with Crippen molar-refractivity contribution in [1.82, 2.24) is 10.3 Å². The van der Waals surface area contributed by atoms with Gasteiger partial charge in [-0.25, -0.2) is 4.79 Å². The Kier molecular flexibility index (Phi) is 4.08. The Labute approximate surface area is 117 Å². The summed E-state index contributed by atoms with van der Waals surface area (Å²) in [5, 5.41) is 12.7. The summed E-state index contributed by atoms with van der Waals surface area (Å²) in [7, 11) is 0. The van der Waals surface area contributed by atoms with E-state index < -0.39 is 17.9 Å². The van der Waals surface area contributed by atoms with Crippen LogP contribution in [0.15, 0.2) is 30.3 Å². The number of amides is 1. The van der Waals surface area contributed by atoms with E-state index in [1.54, 1.807) is 6.07 Å². The number of aliphatic carboxylic acids is 1. The lowest BCUT2D eigenvalue weighted by atomic mass is 9.99. The number of rotatable bonds is 5. The van der Waals surface area contributed by atoms with Crippen LogP contribution in [0, 0.1) is 5.92 Å². The molecule has 0 unspecified atom stereocenters. The van der Waals surface area contributed by atoms with E-state index in [9.17, 15) is 14.7 Å². The van der Waals surface area contributed by atoms with Crippen LogP contribution in [0.1, 0.15) is 30.8 Å². The fraction of sp³-hybridized carbons (Fsp3) is 0.333. The van der Waals surface area contributed by atoms with Crippen molar-refractivity contribution in [3.63, 3.8) is 0 Å². The second-order valence-electron chi connectivity index (χ2n) is 4.95. The zero-order valence-corrected chi connectivity index (χ0v) is 11.5. The molecular formula is C15H18N2O3. The van der Waals surface area contributed by atoms with Gasteiger partial charge in [0.15, 0.2) is 0 Å². The summed E-state index contributed by atoms with van der Waals surface area (Å²) in [6, 6.07) is 8.37. The van der Waals surface area contributed by atoms with Crippen LogP contribution < -0.4 is 5.32 Å². The minimum atomic E-state index is -1.01. The second kappa shape index (κ2) is 5.77. The molecule has 0 aliphatic rings. The fourth-order valence-electron chi connectivity index (χ4n) is 2.10. The Morgan fingerprint density at radius 1 is 1.35 bits per heavy atom. The summed E-state index contributed by atoms with van der Waals surface area (Å²) in [4.78, 5) is 26.3. The number of aromatic nitrogens is 1. The number of hydrogen-bond donors (Lipinski definition) is 3. The van der Waals surface area contributed by atoms with Crippen molar-refractivity contribution in [3.05, 3.63) is 36.0 Å². The van der Waals surface area contributed by atoms with Gasteiger partial charge < -0.3 is 15.4 Å². The topological polar surface area (TPSA) is 82.2 Å². The molecule has 5 nitrogen and oxygen atoms in total. The van der Waals surface area contributed by atoms with Crippen molar-refractivity contribution < 1.29 is 14.7 Å². The highest BCUT2D eigenvalue weighted by molar-refractivity contribution is 5.99. The lowest BCUT2D eigenvalue weighted by molar-refractivity contribution is -0.140. The SMILES string of the molecule is CC[C@@H](C)[C@H](NC(=O)c1cc2ccccc2[nH]1)C(=O)O. The number of carbonyl (C=O) groups is 2. The number of hydrogen-bond acceptors (Lipinski definition) is 2. The number of carboxylic acids is 1. The number of fused-ring (bicyclic) bond motifs is 1. The monoisotopic (exact) mass is 274 g/mol. The lowest BCUT2D eigenvalue weighted by Gasteiger charge is -2.19. The molecule has 5 heteroatoms. The lowest BCUT2D eigenvalue weighted by Crippen LogP contribution is -2.45. The Morgan fingerprint density at radius 2 is 2.05 bits per heavy atom. The fourth-order valence-corrected chi connectivity index (χ4v) is 2.10. The van der Waals surface area contributed by atoms with Gasteiger partial charge in [0.2, 0.25) is 0 Å². The largest absolute Gasteiger partial charge is 0.480 e. The standard InChI is InChI=1S/C15H18N2O3/c1-3-9(2)13(15(19)20)17-14(18)12-8-10-6-4-5-7-11(10)16-12/h4-9,13,16H,3H2,1-2H3,(H,17,18)(H,19,20)/t9-,13+/m1/s1. The third-order valence-electron chi connectivity index (χ3n) is 3.54. The number of H-pyrrole nitrogens is 1. The number of nitrogens with one attached hydrogen (secondary N) is 2. The number of para-hydroxylation sites is 1. The van der Waals surface area contributed by atoms with Gasteiger partial charge in [-0.2, -0.15) is 0 Å². The third-order valence-corrected chi connectivity index (χ3v) is 3.54. The predicted molar refractivity (Wildman–Crippen MR) is 76.6 cm³/mol. The second-order valence-corrected chi connectivity index (χ2v) is 4.95. The van der Waals surface area contributed by atoms with Crippen LogP contribution in [-0.4, -0.2) is 28.0 Å². The summed E-state index contributed by atoms with van der Waals surface area (Å²) in [5.41, 5.74) is 1.23. The highest BCUT2D eigenvalue weighted by Crippen LogP contribution is 2.15. The molecule has 1 aromatic carbocycles. The van der Waals surface area contributed by atoms with Crippen molar-refractivity contribution in [3.8, 4) is 0 Å². The van der Waals surface area contributed by atoms with E-state index in [-0.39, 0.29) is 5.92 Å². The van der Waals surface area contributed by atoms with Crippen LogP contribution in [0.4, 0.5) is 0 Å². The molecule has 0 saturated carbocycles. The minimum absolute atomic E-state index is 0.124. The molecule has 0 aliphatic heterocycles. The first-order chi connectivity index (χ1) is 9.52. The highest BCUT2D eigenvalue weighted by Gasteiger charge is 2.26. The van der Waals surface area contributed by atoms with E-state index in [1.807, 2.05) is 38.1 Å². The van der Waals surface area contributed by atoms with Gasteiger partial charge in [0.1, 0.15) is 11.7 Å². The maximum Gasteiger partial charge on any atom is 0.326 e. The predicted octanol–water partition coefficient (Wildman–Crippen LogP) is 2.40. The Balaban J connectivity index is 2.20. The maximum atomic E-state index is 12.1. The quantitative estimate of drug-likeness (QED) is 0.783. The first-order valence-electron chi connectivity index (χ1n) is 6.64. The minimum Gasteiger partial charge on any atom is -0.480 e. The zero-order valence-electron chi connectivity index (χ0n) is 11.5. The number of carbonyl (C=O) groups excluding carboxylic acids is 1. The van der Waals surface area contributed by atoms with Crippen molar-refractivity contribution in [2.45, 2.75) is 26.3 Å². The van der Waals surface area contributed by atoms with E-state index in [2.05, 4.69) is 10.3 Å². The van der Waals surface area contributed by atoms with Gasteiger partial charge in [-0.1, -0.05) is 38.5 Å². The van der Waals surface area contributed by atoms with Crippen molar-refractivity contribution in [2.75, 3.05) is 0 Å². The summed E-state index contributed by atoms with van der Waals surface area (Å²) in [6.45, 7) is 3.71. The first-order valence-corrected chi connectivity index (χ1v) is 6.64. The van der Waals surface area contributed by atoms with Crippen LogP contribution in [0.5, 0.6) is 0 Å². The molecule has 20 heavy (non-hydrogen) atoms. The van der Waals surface area contributed by atoms with Crippen LogP contribution in [0.3, 0.4) is 0 Å². The molecule has 0 radical (unpaired) electrons. The van der Waals surface area contributed by atoms with Crippen molar-refractivity contribution in [1.29, 1.82) is 0 Å². The van der Waals surface area contributed by atoms with Gasteiger partial charge >= 0.3 is 5.97 Å². The molecule has 1 aromatic heterocycles. The van der Waals surface area contributed by atoms with E-state index >= 15 is 0 Å². The zero-order chi connectivity index (χ0) is 14.7. The molecule has 1 heterocycles. The number of benzene rings is 1. The molecule has 2 atom stereocenters. The summed E-state index contributed by atoms with van der Waals surface area (Å²) in [6.07, 6.45) is 0.684. The summed E-state index contributed by atoms with van der Waals surface area (Å²) >= 11 is 0. The van der Waals surface area contributed by atoms with Gasteiger partial charge in [0.25, 0.3) is 5.91 Å². The van der Waals surface area contributed by atoms with Crippen LogP contribution in [0.25, 0.3) is 10.9 Å². The van der Waals surface area contributed by atoms with Gasteiger partial charge in [-0.05, 0) is 18.1 Å². The Morgan fingerprint density at radius 3 is 2.65 bits per heavy atom. The maximum absolute atomic E-state index is 12.1. The molecule has 2 rings (SSSR count). The summed E-state index contributed by atoms with van der Waals surface area (Å²) < 4.78 is 0. The molecule has 0 spiro atoms. The summed E-state index contributed by atoms with van der Waals surface area (Å²) in [5.74, 6) is -1.53. The number of aromatic amines is 1.